The van der Waals surface area contributed by atoms with Crippen LogP contribution in [0.5, 0.6) is 0 Å². The number of carbonyl (C=O) groups excluding carboxylic acids is 1. The van der Waals surface area contributed by atoms with Gasteiger partial charge in [-0.3, -0.25) is 4.79 Å². The van der Waals surface area contributed by atoms with Crippen LogP contribution in [0.15, 0.2) is 18.2 Å². The van der Waals surface area contributed by atoms with Crippen LogP contribution < -0.4 is 5.32 Å². The van der Waals surface area contributed by atoms with E-state index in [0.29, 0.717) is 5.92 Å². The third-order valence-electron chi connectivity index (χ3n) is 2.92. The second-order valence-electron chi connectivity index (χ2n) is 5.27. The molecule has 1 amide bonds. The Morgan fingerprint density at radius 1 is 1.33 bits per heavy atom. The molecule has 2 nitrogen and oxygen atoms in total. The van der Waals surface area contributed by atoms with Crippen LogP contribution in [-0.4, -0.2) is 17.3 Å². The summed E-state index contributed by atoms with van der Waals surface area (Å²) in [7, 11) is 0. The number of hydrogen-bond donors (Lipinski definition) is 1. The largest absolute Gasteiger partial charge is 0.348 e. The SMILES string of the molecule is Cc1ccc(C)c(C(=O)NC(CBr)CC(C)C)c1. The number of nitrogens with one attached hydrogen (secondary N) is 1. The molecule has 0 radical (unpaired) electrons. The van der Waals surface area contributed by atoms with Gasteiger partial charge in [-0.05, 0) is 37.8 Å². The summed E-state index contributed by atoms with van der Waals surface area (Å²) in [5.41, 5.74) is 2.92. The van der Waals surface area contributed by atoms with Crippen molar-refractivity contribution in [3.05, 3.63) is 34.9 Å². The van der Waals surface area contributed by atoms with Gasteiger partial charge in [0.25, 0.3) is 5.91 Å². The highest BCUT2D eigenvalue weighted by molar-refractivity contribution is 9.09. The van der Waals surface area contributed by atoms with Gasteiger partial charge < -0.3 is 5.32 Å². The van der Waals surface area contributed by atoms with Crippen molar-refractivity contribution in [1.29, 1.82) is 0 Å². The molecule has 0 fully saturated rings. The molecule has 0 saturated carbocycles. The molecule has 1 unspecified atom stereocenters. The van der Waals surface area contributed by atoms with E-state index < -0.39 is 0 Å². The van der Waals surface area contributed by atoms with E-state index in [2.05, 4.69) is 35.1 Å². The second kappa shape index (κ2) is 6.93. The number of benzene rings is 1. The lowest BCUT2D eigenvalue weighted by atomic mass is 10.0. The maximum Gasteiger partial charge on any atom is 0.251 e. The summed E-state index contributed by atoms with van der Waals surface area (Å²) in [6.07, 6.45) is 0.988. The number of amides is 1. The van der Waals surface area contributed by atoms with Crippen molar-refractivity contribution in [3.8, 4) is 0 Å². The number of hydrogen-bond acceptors (Lipinski definition) is 1. The Morgan fingerprint density at radius 2 is 2.00 bits per heavy atom. The standard InChI is InChI=1S/C15H22BrNO/c1-10(2)7-13(9-16)17-15(18)14-8-11(3)5-6-12(14)4/h5-6,8,10,13H,7,9H2,1-4H3,(H,17,18). The first-order valence-electron chi connectivity index (χ1n) is 6.38. The lowest BCUT2D eigenvalue weighted by Gasteiger charge is -2.19. The van der Waals surface area contributed by atoms with Gasteiger partial charge in [-0.2, -0.15) is 0 Å². The molecule has 1 N–H and O–H groups in total. The summed E-state index contributed by atoms with van der Waals surface area (Å²) in [5, 5.41) is 3.89. The van der Waals surface area contributed by atoms with Gasteiger partial charge in [-0.15, -0.1) is 0 Å². The smallest absolute Gasteiger partial charge is 0.251 e. The Labute approximate surface area is 118 Å². The first kappa shape index (κ1) is 15.2. The number of carbonyl (C=O) groups is 1. The zero-order chi connectivity index (χ0) is 13.7. The molecule has 1 rings (SSSR count). The summed E-state index contributed by atoms with van der Waals surface area (Å²) in [6.45, 7) is 8.31. The van der Waals surface area contributed by atoms with Crippen LogP contribution in [0.4, 0.5) is 0 Å². The zero-order valence-electron chi connectivity index (χ0n) is 11.6. The predicted octanol–water partition coefficient (Wildman–Crippen LogP) is 3.84. The maximum absolute atomic E-state index is 12.2. The van der Waals surface area contributed by atoms with E-state index in [0.717, 1.165) is 28.4 Å². The minimum absolute atomic E-state index is 0.0290. The molecule has 0 aliphatic rings. The van der Waals surface area contributed by atoms with Gasteiger partial charge in [0.05, 0.1) is 0 Å². The van der Waals surface area contributed by atoms with Crippen LogP contribution in [-0.2, 0) is 0 Å². The molecule has 1 atom stereocenters. The van der Waals surface area contributed by atoms with Crippen LogP contribution in [0.25, 0.3) is 0 Å². The molecule has 0 saturated heterocycles. The molecule has 0 aliphatic carbocycles. The molecule has 1 aromatic rings. The monoisotopic (exact) mass is 311 g/mol. The van der Waals surface area contributed by atoms with Crippen LogP contribution in [0, 0.1) is 19.8 Å². The normalized spacial score (nSPS) is 12.6. The highest BCUT2D eigenvalue weighted by Crippen LogP contribution is 2.13. The van der Waals surface area contributed by atoms with Crippen LogP contribution in [0.1, 0.15) is 41.8 Å². The average molecular weight is 312 g/mol. The molecule has 18 heavy (non-hydrogen) atoms. The molecule has 0 bridgehead atoms. The predicted molar refractivity (Wildman–Crippen MR) is 80.4 cm³/mol. The minimum atomic E-state index is 0.0290. The van der Waals surface area contributed by atoms with E-state index in [-0.39, 0.29) is 11.9 Å². The topological polar surface area (TPSA) is 29.1 Å². The first-order valence-corrected chi connectivity index (χ1v) is 7.50. The Hall–Kier alpha value is -0.830. The number of rotatable bonds is 5. The minimum Gasteiger partial charge on any atom is -0.348 e. The Bertz CT molecular complexity index is 415. The van der Waals surface area contributed by atoms with Crippen molar-refractivity contribution in [2.45, 2.75) is 40.2 Å². The highest BCUT2D eigenvalue weighted by Gasteiger charge is 2.15. The zero-order valence-corrected chi connectivity index (χ0v) is 13.2. The van der Waals surface area contributed by atoms with E-state index in [9.17, 15) is 4.79 Å². The quantitative estimate of drug-likeness (QED) is 0.822. The Morgan fingerprint density at radius 3 is 2.56 bits per heavy atom. The third kappa shape index (κ3) is 4.45. The highest BCUT2D eigenvalue weighted by atomic mass is 79.9. The summed E-state index contributed by atoms with van der Waals surface area (Å²) < 4.78 is 0. The van der Waals surface area contributed by atoms with Gasteiger partial charge in [0.15, 0.2) is 0 Å². The van der Waals surface area contributed by atoms with E-state index >= 15 is 0 Å². The molecule has 3 heteroatoms. The summed E-state index contributed by atoms with van der Waals surface area (Å²) in [6, 6.07) is 6.17. The number of alkyl halides is 1. The van der Waals surface area contributed by atoms with E-state index in [1.54, 1.807) is 0 Å². The van der Waals surface area contributed by atoms with Crippen molar-refractivity contribution in [2.75, 3.05) is 5.33 Å². The first-order chi connectivity index (χ1) is 8.43. The van der Waals surface area contributed by atoms with Crippen molar-refractivity contribution in [2.24, 2.45) is 5.92 Å². The molecule has 0 heterocycles. The fourth-order valence-corrected chi connectivity index (χ4v) is 2.40. The summed E-state index contributed by atoms with van der Waals surface area (Å²) in [5.74, 6) is 0.604. The molecular formula is C15H22BrNO. The van der Waals surface area contributed by atoms with Crippen LogP contribution >= 0.6 is 15.9 Å². The van der Waals surface area contributed by atoms with Gasteiger partial charge in [-0.25, -0.2) is 0 Å². The number of aryl methyl sites for hydroxylation is 2. The lowest BCUT2D eigenvalue weighted by Crippen LogP contribution is -2.37. The van der Waals surface area contributed by atoms with Gasteiger partial charge in [-0.1, -0.05) is 47.5 Å². The van der Waals surface area contributed by atoms with Gasteiger partial charge >= 0.3 is 0 Å². The van der Waals surface area contributed by atoms with E-state index in [4.69, 9.17) is 0 Å². The molecule has 0 spiro atoms. The van der Waals surface area contributed by atoms with Gasteiger partial charge in [0.1, 0.15) is 0 Å². The average Bonchev–Trinajstić information content (AvgIpc) is 2.30. The number of halogens is 1. The molecule has 0 aromatic heterocycles. The van der Waals surface area contributed by atoms with Crippen molar-refractivity contribution >= 4 is 21.8 Å². The van der Waals surface area contributed by atoms with Crippen molar-refractivity contribution in [1.82, 2.24) is 5.32 Å². The lowest BCUT2D eigenvalue weighted by molar-refractivity contribution is 0.0936. The molecule has 0 aliphatic heterocycles. The van der Waals surface area contributed by atoms with E-state index in [1.165, 1.54) is 0 Å². The van der Waals surface area contributed by atoms with Crippen LogP contribution in [0.3, 0.4) is 0 Å². The fourth-order valence-electron chi connectivity index (χ4n) is 1.97. The van der Waals surface area contributed by atoms with E-state index in [1.807, 2.05) is 32.0 Å². The van der Waals surface area contributed by atoms with Crippen molar-refractivity contribution < 1.29 is 4.79 Å². The van der Waals surface area contributed by atoms with Gasteiger partial charge in [0.2, 0.25) is 0 Å². The second-order valence-corrected chi connectivity index (χ2v) is 5.92. The molecule has 100 valence electrons. The molecular weight excluding hydrogens is 290 g/mol. The third-order valence-corrected chi connectivity index (χ3v) is 3.70. The molecule has 1 aromatic carbocycles. The fraction of sp³-hybridized carbons (Fsp3) is 0.533. The maximum atomic E-state index is 12.2. The van der Waals surface area contributed by atoms with Crippen LogP contribution in [0.2, 0.25) is 0 Å². The summed E-state index contributed by atoms with van der Waals surface area (Å²) >= 11 is 3.46. The Balaban J connectivity index is 2.77. The Kier molecular flexibility index (Phi) is 5.86. The van der Waals surface area contributed by atoms with Crippen molar-refractivity contribution in [3.63, 3.8) is 0 Å². The summed E-state index contributed by atoms with van der Waals surface area (Å²) in [4.78, 5) is 12.2. The van der Waals surface area contributed by atoms with Gasteiger partial charge in [0, 0.05) is 16.9 Å².